The van der Waals surface area contributed by atoms with Crippen molar-refractivity contribution >= 4 is 11.9 Å². The van der Waals surface area contributed by atoms with Gasteiger partial charge in [-0.2, -0.15) is 0 Å². The van der Waals surface area contributed by atoms with Crippen molar-refractivity contribution < 1.29 is 19.1 Å². The SMILES string of the molecule is CCc1cccc(C2OC(=O)C(c3cccc(CC)c3)OC2=O)c1. The lowest BCUT2D eigenvalue weighted by molar-refractivity contribution is -0.196. The normalized spacial score (nSPS) is 20.4. The molecule has 0 aliphatic carbocycles. The van der Waals surface area contributed by atoms with Crippen molar-refractivity contribution in [2.75, 3.05) is 0 Å². The van der Waals surface area contributed by atoms with Crippen LogP contribution in [0.2, 0.25) is 0 Å². The van der Waals surface area contributed by atoms with E-state index in [1.807, 2.05) is 50.2 Å². The Labute approximate surface area is 141 Å². The van der Waals surface area contributed by atoms with Crippen LogP contribution in [0.3, 0.4) is 0 Å². The molecule has 1 heterocycles. The Hall–Kier alpha value is -2.62. The first kappa shape index (κ1) is 16.2. The molecule has 24 heavy (non-hydrogen) atoms. The summed E-state index contributed by atoms with van der Waals surface area (Å²) in [6, 6.07) is 14.9. The van der Waals surface area contributed by atoms with Gasteiger partial charge >= 0.3 is 11.9 Å². The van der Waals surface area contributed by atoms with Crippen LogP contribution in [0.5, 0.6) is 0 Å². The summed E-state index contributed by atoms with van der Waals surface area (Å²) in [7, 11) is 0. The second-order valence-electron chi connectivity index (χ2n) is 5.83. The zero-order valence-corrected chi connectivity index (χ0v) is 13.8. The molecule has 4 heteroatoms. The third-order valence-electron chi connectivity index (χ3n) is 4.22. The number of rotatable bonds is 4. The van der Waals surface area contributed by atoms with Crippen LogP contribution in [0.25, 0.3) is 0 Å². The third kappa shape index (κ3) is 3.18. The number of hydrogen-bond donors (Lipinski definition) is 0. The van der Waals surface area contributed by atoms with Crippen molar-refractivity contribution in [2.45, 2.75) is 38.9 Å². The Morgan fingerprint density at radius 3 is 1.54 bits per heavy atom. The van der Waals surface area contributed by atoms with E-state index in [0.29, 0.717) is 11.1 Å². The summed E-state index contributed by atoms with van der Waals surface area (Å²) in [5.74, 6) is -1.07. The molecule has 2 aromatic rings. The monoisotopic (exact) mass is 324 g/mol. The average Bonchev–Trinajstić information content (AvgIpc) is 2.63. The van der Waals surface area contributed by atoms with Gasteiger partial charge < -0.3 is 9.47 Å². The molecule has 3 rings (SSSR count). The molecule has 1 saturated heterocycles. The van der Waals surface area contributed by atoms with E-state index >= 15 is 0 Å². The predicted octanol–water partition coefficient (Wildman–Crippen LogP) is 3.69. The number of carbonyl (C=O) groups excluding carboxylic acids is 2. The number of carbonyl (C=O) groups is 2. The van der Waals surface area contributed by atoms with Gasteiger partial charge in [0.05, 0.1) is 0 Å². The van der Waals surface area contributed by atoms with E-state index < -0.39 is 24.1 Å². The van der Waals surface area contributed by atoms with Gasteiger partial charge in [-0.25, -0.2) is 9.59 Å². The Balaban J connectivity index is 1.83. The minimum atomic E-state index is -0.991. The first-order chi connectivity index (χ1) is 11.6. The third-order valence-corrected chi connectivity index (χ3v) is 4.22. The van der Waals surface area contributed by atoms with Crippen molar-refractivity contribution in [3.05, 3.63) is 70.8 Å². The fourth-order valence-electron chi connectivity index (χ4n) is 2.81. The van der Waals surface area contributed by atoms with E-state index in [0.717, 1.165) is 24.0 Å². The van der Waals surface area contributed by atoms with E-state index in [4.69, 9.17) is 9.47 Å². The molecule has 0 aromatic heterocycles. The predicted molar refractivity (Wildman–Crippen MR) is 89.3 cm³/mol. The van der Waals surface area contributed by atoms with Gasteiger partial charge in [-0.3, -0.25) is 0 Å². The molecule has 1 aliphatic heterocycles. The van der Waals surface area contributed by atoms with E-state index in [2.05, 4.69) is 0 Å². The zero-order chi connectivity index (χ0) is 17.1. The van der Waals surface area contributed by atoms with Crippen LogP contribution >= 0.6 is 0 Å². The molecule has 4 nitrogen and oxygen atoms in total. The topological polar surface area (TPSA) is 52.6 Å². The van der Waals surface area contributed by atoms with Crippen molar-refractivity contribution in [3.8, 4) is 0 Å². The molecule has 2 aromatic carbocycles. The number of benzene rings is 2. The maximum atomic E-state index is 12.4. The van der Waals surface area contributed by atoms with Gasteiger partial charge in [0.1, 0.15) is 0 Å². The zero-order valence-electron chi connectivity index (χ0n) is 13.8. The fraction of sp³-hybridized carbons (Fsp3) is 0.300. The van der Waals surface area contributed by atoms with Gasteiger partial charge in [-0.1, -0.05) is 62.4 Å². The Bertz CT molecular complexity index is 700. The largest absolute Gasteiger partial charge is 0.442 e. The molecular weight excluding hydrogens is 304 g/mol. The van der Waals surface area contributed by atoms with Crippen LogP contribution in [0.1, 0.15) is 48.3 Å². The first-order valence-corrected chi connectivity index (χ1v) is 8.21. The minimum absolute atomic E-state index is 0.533. The highest BCUT2D eigenvalue weighted by molar-refractivity contribution is 5.89. The molecule has 0 bridgehead atoms. The lowest BCUT2D eigenvalue weighted by Gasteiger charge is -2.28. The second-order valence-corrected chi connectivity index (χ2v) is 5.83. The second kappa shape index (κ2) is 6.87. The summed E-state index contributed by atoms with van der Waals surface area (Å²) in [6.07, 6.45) is -0.296. The van der Waals surface area contributed by atoms with Crippen LogP contribution in [0.4, 0.5) is 0 Å². The van der Waals surface area contributed by atoms with Crippen LogP contribution in [-0.4, -0.2) is 11.9 Å². The smallest absolute Gasteiger partial charge is 0.353 e. The molecule has 2 unspecified atom stereocenters. The van der Waals surface area contributed by atoms with Gasteiger partial charge in [0.2, 0.25) is 12.2 Å². The van der Waals surface area contributed by atoms with Gasteiger partial charge in [0.15, 0.2) is 0 Å². The summed E-state index contributed by atoms with van der Waals surface area (Å²) >= 11 is 0. The summed E-state index contributed by atoms with van der Waals surface area (Å²) in [4.78, 5) is 24.8. The molecule has 0 amide bonds. The van der Waals surface area contributed by atoms with Crippen LogP contribution < -0.4 is 0 Å². The van der Waals surface area contributed by atoms with E-state index in [9.17, 15) is 9.59 Å². The standard InChI is InChI=1S/C20H20O4/c1-3-13-7-5-9-15(11-13)17-19(21)24-18(20(22)23-17)16-10-6-8-14(4-2)12-16/h5-12,17-18H,3-4H2,1-2H3. The van der Waals surface area contributed by atoms with E-state index in [1.54, 1.807) is 12.1 Å². The molecule has 1 fully saturated rings. The van der Waals surface area contributed by atoms with Crippen molar-refractivity contribution in [1.29, 1.82) is 0 Å². The number of cyclic esters (lactones) is 2. The average molecular weight is 324 g/mol. The number of esters is 2. The molecule has 0 N–H and O–H groups in total. The van der Waals surface area contributed by atoms with E-state index in [1.165, 1.54) is 0 Å². The van der Waals surface area contributed by atoms with Gasteiger partial charge in [-0.15, -0.1) is 0 Å². The maximum absolute atomic E-state index is 12.4. The highest BCUT2D eigenvalue weighted by atomic mass is 16.6. The van der Waals surface area contributed by atoms with Gasteiger partial charge in [-0.05, 0) is 24.0 Å². The van der Waals surface area contributed by atoms with Crippen molar-refractivity contribution in [3.63, 3.8) is 0 Å². The minimum Gasteiger partial charge on any atom is -0.442 e. The molecule has 2 atom stereocenters. The highest BCUT2D eigenvalue weighted by Crippen LogP contribution is 2.32. The lowest BCUT2D eigenvalue weighted by atomic mass is 10.0. The van der Waals surface area contributed by atoms with Crippen LogP contribution in [-0.2, 0) is 31.9 Å². The Kier molecular flexibility index (Phi) is 4.65. The summed E-state index contributed by atoms with van der Waals surface area (Å²) < 4.78 is 10.8. The molecule has 124 valence electrons. The van der Waals surface area contributed by atoms with Crippen molar-refractivity contribution in [1.82, 2.24) is 0 Å². The van der Waals surface area contributed by atoms with Crippen LogP contribution in [0, 0.1) is 0 Å². The quantitative estimate of drug-likeness (QED) is 0.805. The Morgan fingerprint density at radius 2 is 1.17 bits per heavy atom. The molecule has 0 radical (unpaired) electrons. The summed E-state index contributed by atoms with van der Waals surface area (Å²) in [6.45, 7) is 4.06. The lowest BCUT2D eigenvalue weighted by Crippen LogP contribution is -2.34. The fourth-order valence-corrected chi connectivity index (χ4v) is 2.81. The molecule has 1 aliphatic rings. The molecule has 0 spiro atoms. The van der Waals surface area contributed by atoms with Crippen molar-refractivity contribution in [2.24, 2.45) is 0 Å². The van der Waals surface area contributed by atoms with E-state index in [-0.39, 0.29) is 0 Å². The van der Waals surface area contributed by atoms with Gasteiger partial charge in [0.25, 0.3) is 0 Å². The Morgan fingerprint density at radius 1 is 0.750 bits per heavy atom. The number of hydrogen-bond acceptors (Lipinski definition) is 4. The summed E-state index contributed by atoms with van der Waals surface area (Å²) in [5, 5.41) is 0. The number of ether oxygens (including phenoxy) is 2. The highest BCUT2D eigenvalue weighted by Gasteiger charge is 2.40. The summed E-state index contributed by atoms with van der Waals surface area (Å²) in [5.41, 5.74) is 3.45. The molecular formula is C20H20O4. The van der Waals surface area contributed by atoms with Crippen LogP contribution in [0.15, 0.2) is 48.5 Å². The molecule has 0 saturated carbocycles. The number of aryl methyl sites for hydroxylation is 2. The van der Waals surface area contributed by atoms with Gasteiger partial charge in [0, 0.05) is 11.1 Å². The first-order valence-electron chi connectivity index (χ1n) is 8.21. The maximum Gasteiger partial charge on any atom is 0.353 e.